The van der Waals surface area contributed by atoms with Gasteiger partial charge in [-0.2, -0.15) is 4.68 Å². The van der Waals surface area contributed by atoms with Crippen LogP contribution in [0.25, 0.3) is 0 Å². The third kappa shape index (κ3) is 2.68. The van der Waals surface area contributed by atoms with Gasteiger partial charge >= 0.3 is 5.97 Å². The molecule has 1 aromatic carbocycles. The van der Waals surface area contributed by atoms with Crippen molar-refractivity contribution >= 4 is 11.9 Å². The zero-order valence-electron chi connectivity index (χ0n) is 15.1. The number of allylic oxidation sites excluding steroid dienone is 1. The number of carbonyl (C=O) groups is 1. The van der Waals surface area contributed by atoms with Gasteiger partial charge in [0.05, 0.1) is 34.0 Å². The lowest BCUT2D eigenvalue weighted by atomic mass is 9.95. The number of nitrogens with zero attached hydrogens (tertiary/aromatic N) is 4. The second kappa shape index (κ2) is 6.90. The number of esters is 1. The summed E-state index contributed by atoms with van der Waals surface area (Å²) in [5, 5.41) is 14.6. The first-order valence-electron chi connectivity index (χ1n) is 7.69. The summed E-state index contributed by atoms with van der Waals surface area (Å²) < 4.78 is 22.6. The van der Waals surface area contributed by atoms with E-state index >= 15 is 0 Å². The van der Waals surface area contributed by atoms with Crippen molar-refractivity contribution in [1.82, 2.24) is 20.2 Å². The monoisotopic (exact) mass is 361 g/mol. The summed E-state index contributed by atoms with van der Waals surface area (Å²) in [4.78, 5) is 12.4. The van der Waals surface area contributed by atoms with Crippen LogP contribution in [0.2, 0.25) is 0 Å². The van der Waals surface area contributed by atoms with E-state index in [2.05, 4.69) is 20.8 Å². The molecule has 3 rings (SSSR count). The van der Waals surface area contributed by atoms with Gasteiger partial charge in [-0.1, -0.05) is 5.10 Å². The minimum Gasteiger partial charge on any atom is -0.493 e. The smallest absolute Gasteiger partial charge is 0.338 e. The van der Waals surface area contributed by atoms with E-state index in [9.17, 15) is 4.79 Å². The fourth-order valence-electron chi connectivity index (χ4n) is 2.95. The number of ether oxygens (including phenoxy) is 4. The molecular formula is C16H19N5O5. The molecule has 1 aromatic heterocycles. The van der Waals surface area contributed by atoms with Gasteiger partial charge < -0.3 is 24.3 Å². The van der Waals surface area contributed by atoms with Crippen molar-refractivity contribution in [1.29, 1.82) is 0 Å². The number of hydrogen-bond donors (Lipinski definition) is 1. The molecular weight excluding hydrogens is 342 g/mol. The van der Waals surface area contributed by atoms with Crippen molar-refractivity contribution in [2.75, 3.05) is 33.8 Å². The molecule has 0 unspecified atom stereocenters. The Morgan fingerprint density at radius 3 is 2.31 bits per heavy atom. The molecule has 26 heavy (non-hydrogen) atoms. The molecule has 1 N–H and O–H groups in total. The Labute approximate surface area is 149 Å². The van der Waals surface area contributed by atoms with Gasteiger partial charge in [0.2, 0.25) is 11.7 Å². The highest BCUT2D eigenvalue weighted by molar-refractivity contribution is 5.92. The van der Waals surface area contributed by atoms with Crippen LogP contribution < -0.4 is 19.5 Å². The molecule has 1 aliphatic rings. The summed E-state index contributed by atoms with van der Waals surface area (Å²) >= 11 is 0. The Balaban J connectivity index is 2.25. The van der Waals surface area contributed by atoms with Crippen LogP contribution in [0.1, 0.15) is 18.5 Å². The highest BCUT2D eigenvalue weighted by Crippen LogP contribution is 2.43. The number of carbonyl (C=O) groups excluding carboxylic acids is 1. The number of aromatic nitrogens is 4. The van der Waals surface area contributed by atoms with Crippen LogP contribution in [0.4, 0.5) is 5.95 Å². The summed E-state index contributed by atoms with van der Waals surface area (Å²) in [6, 6.07) is 2.88. The normalized spacial score (nSPS) is 15.8. The van der Waals surface area contributed by atoms with Crippen LogP contribution >= 0.6 is 0 Å². The van der Waals surface area contributed by atoms with E-state index < -0.39 is 12.0 Å². The van der Waals surface area contributed by atoms with E-state index in [4.69, 9.17) is 18.9 Å². The van der Waals surface area contributed by atoms with Gasteiger partial charge in [-0.15, -0.1) is 0 Å². The van der Waals surface area contributed by atoms with Crippen molar-refractivity contribution in [3.63, 3.8) is 0 Å². The Hall–Kier alpha value is -3.30. The molecule has 10 heteroatoms. The first-order valence-corrected chi connectivity index (χ1v) is 7.69. The molecule has 0 fully saturated rings. The average Bonchev–Trinajstić information content (AvgIpc) is 3.12. The fraction of sp³-hybridized carbons (Fsp3) is 0.375. The lowest BCUT2D eigenvalue weighted by molar-refractivity contribution is -0.136. The van der Waals surface area contributed by atoms with Crippen molar-refractivity contribution in [2.45, 2.75) is 13.0 Å². The Kier molecular flexibility index (Phi) is 4.65. The van der Waals surface area contributed by atoms with Crippen LogP contribution in [-0.2, 0) is 9.53 Å². The van der Waals surface area contributed by atoms with Crippen molar-refractivity contribution < 1.29 is 23.7 Å². The lowest BCUT2D eigenvalue weighted by Gasteiger charge is -2.27. The van der Waals surface area contributed by atoms with Gasteiger partial charge in [0.15, 0.2) is 11.5 Å². The molecule has 138 valence electrons. The summed E-state index contributed by atoms with van der Waals surface area (Å²) in [7, 11) is 5.89. The number of anilines is 1. The summed E-state index contributed by atoms with van der Waals surface area (Å²) in [6.45, 7) is 1.76. The molecule has 10 nitrogen and oxygen atoms in total. The molecule has 1 aliphatic heterocycles. The Bertz CT molecular complexity index is 851. The van der Waals surface area contributed by atoms with E-state index in [0.29, 0.717) is 40.0 Å². The first-order chi connectivity index (χ1) is 12.5. The Morgan fingerprint density at radius 1 is 1.12 bits per heavy atom. The zero-order valence-corrected chi connectivity index (χ0v) is 15.1. The van der Waals surface area contributed by atoms with Gasteiger partial charge in [0, 0.05) is 5.70 Å². The molecule has 0 saturated carbocycles. The topological polar surface area (TPSA) is 110 Å². The third-order valence-electron chi connectivity index (χ3n) is 4.12. The highest BCUT2D eigenvalue weighted by atomic mass is 16.5. The molecule has 0 radical (unpaired) electrons. The van der Waals surface area contributed by atoms with E-state index in [1.54, 1.807) is 19.1 Å². The summed E-state index contributed by atoms with van der Waals surface area (Å²) in [6.07, 6.45) is 0. The van der Waals surface area contributed by atoms with Crippen LogP contribution in [0, 0.1) is 0 Å². The van der Waals surface area contributed by atoms with Gasteiger partial charge in [-0.3, -0.25) is 0 Å². The lowest BCUT2D eigenvalue weighted by Crippen LogP contribution is -2.29. The molecule has 2 aromatic rings. The number of hydrogen-bond acceptors (Lipinski definition) is 9. The van der Waals surface area contributed by atoms with Crippen LogP contribution in [0.15, 0.2) is 23.4 Å². The largest absolute Gasteiger partial charge is 0.493 e. The standard InChI is InChI=1S/C16H19N5O5/c1-8-12(15(22)26-5)13(21-16(17-8)18-19-20-21)9-6-10(23-2)14(25-4)11(7-9)24-3/h6-7,13H,1-5H3,(H,17,18,20)/t13-/m1/s1. The number of tetrazole rings is 1. The fourth-order valence-corrected chi connectivity index (χ4v) is 2.95. The predicted molar refractivity (Wildman–Crippen MR) is 90.4 cm³/mol. The first kappa shape index (κ1) is 17.5. The number of nitrogens with one attached hydrogen (secondary N) is 1. The molecule has 0 spiro atoms. The third-order valence-corrected chi connectivity index (χ3v) is 4.12. The van der Waals surface area contributed by atoms with Crippen molar-refractivity contribution in [3.05, 3.63) is 29.0 Å². The average molecular weight is 361 g/mol. The summed E-state index contributed by atoms with van der Waals surface area (Å²) in [5.41, 5.74) is 1.65. The van der Waals surface area contributed by atoms with Gasteiger partial charge in [-0.25, -0.2) is 4.79 Å². The molecule has 0 aliphatic carbocycles. The number of methoxy groups -OCH3 is 4. The van der Waals surface area contributed by atoms with Gasteiger partial charge in [0.25, 0.3) is 0 Å². The molecule has 1 atom stereocenters. The highest BCUT2D eigenvalue weighted by Gasteiger charge is 2.35. The maximum absolute atomic E-state index is 12.4. The molecule has 0 saturated heterocycles. The minimum atomic E-state index is -0.623. The molecule has 0 amide bonds. The van der Waals surface area contributed by atoms with Crippen LogP contribution in [0.5, 0.6) is 17.2 Å². The maximum atomic E-state index is 12.4. The molecule has 0 bridgehead atoms. The van der Waals surface area contributed by atoms with Crippen LogP contribution in [-0.4, -0.2) is 54.6 Å². The second-order valence-corrected chi connectivity index (χ2v) is 5.46. The quantitative estimate of drug-likeness (QED) is 0.784. The van der Waals surface area contributed by atoms with E-state index in [1.807, 2.05) is 0 Å². The number of benzene rings is 1. The zero-order chi connectivity index (χ0) is 18.8. The Morgan fingerprint density at radius 2 is 1.77 bits per heavy atom. The van der Waals surface area contributed by atoms with Gasteiger partial charge in [-0.05, 0) is 35.0 Å². The van der Waals surface area contributed by atoms with E-state index in [1.165, 1.54) is 33.1 Å². The summed E-state index contributed by atoms with van der Waals surface area (Å²) in [5.74, 6) is 1.28. The van der Waals surface area contributed by atoms with Gasteiger partial charge in [0.1, 0.15) is 6.04 Å². The number of fused-ring (bicyclic) bond motifs is 1. The predicted octanol–water partition coefficient (Wildman–Crippen LogP) is 1.16. The van der Waals surface area contributed by atoms with Crippen LogP contribution in [0.3, 0.4) is 0 Å². The minimum absolute atomic E-state index is 0.376. The van der Waals surface area contributed by atoms with E-state index in [0.717, 1.165) is 0 Å². The number of rotatable bonds is 5. The second-order valence-electron chi connectivity index (χ2n) is 5.46. The van der Waals surface area contributed by atoms with Crippen molar-refractivity contribution in [3.8, 4) is 17.2 Å². The molecule has 2 heterocycles. The van der Waals surface area contributed by atoms with E-state index in [-0.39, 0.29) is 0 Å². The SMILES string of the molecule is COC(=O)C1=C(C)Nc2nnnn2[C@@H]1c1cc(OC)c(OC)c(OC)c1. The van der Waals surface area contributed by atoms with Crippen molar-refractivity contribution in [2.24, 2.45) is 0 Å². The maximum Gasteiger partial charge on any atom is 0.338 e.